The van der Waals surface area contributed by atoms with Crippen molar-refractivity contribution in [2.45, 2.75) is 18.8 Å². The Morgan fingerprint density at radius 1 is 0.824 bits per heavy atom. The van der Waals surface area contributed by atoms with E-state index in [-0.39, 0.29) is 41.4 Å². The number of rotatable bonds is 4. The molecule has 0 spiro atoms. The van der Waals surface area contributed by atoms with Crippen molar-refractivity contribution in [1.29, 1.82) is 0 Å². The van der Waals surface area contributed by atoms with E-state index in [1.54, 1.807) is 24.3 Å². The van der Waals surface area contributed by atoms with Crippen molar-refractivity contribution in [3.8, 4) is 0 Å². The molecule has 3 amide bonds. The van der Waals surface area contributed by atoms with Gasteiger partial charge >= 0.3 is 0 Å². The van der Waals surface area contributed by atoms with Gasteiger partial charge < -0.3 is 5.32 Å². The first-order chi connectivity index (χ1) is 16.5. The highest BCUT2D eigenvalue weighted by atomic mass is 79.9. The Bertz CT molecular complexity index is 1270. The van der Waals surface area contributed by atoms with Crippen LogP contribution in [0.3, 0.4) is 0 Å². The lowest BCUT2D eigenvalue weighted by Crippen LogP contribution is -2.33. The molecule has 34 heavy (non-hydrogen) atoms. The third-order valence-corrected chi connectivity index (χ3v) is 8.26. The van der Waals surface area contributed by atoms with Crippen LogP contribution in [-0.4, -0.2) is 17.7 Å². The molecule has 5 unspecified atom stereocenters. The van der Waals surface area contributed by atoms with Crippen molar-refractivity contribution >= 4 is 45.0 Å². The van der Waals surface area contributed by atoms with E-state index < -0.39 is 0 Å². The maximum Gasteiger partial charge on any atom is 0.255 e. The van der Waals surface area contributed by atoms with Gasteiger partial charge in [-0.3, -0.25) is 19.3 Å². The summed E-state index contributed by atoms with van der Waals surface area (Å²) in [4.78, 5) is 40.8. The normalized spacial score (nSPS) is 27.2. The van der Waals surface area contributed by atoms with Crippen molar-refractivity contribution in [2.75, 3.05) is 10.2 Å². The zero-order chi connectivity index (χ0) is 23.4. The van der Waals surface area contributed by atoms with Gasteiger partial charge in [0.1, 0.15) is 0 Å². The highest BCUT2D eigenvalue weighted by Gasteiger charge is 2.64. The van der Waals surface area contributed by atoms with Crippen molar-refractivity contribution in [3.05, 3.63) is 94.5 Å². The number of carbonyl (C=O) groups is 3. The van der Waals surface area contributed by atoms with Crippen molar-refractivity contribution in [2.24, 2.45) is 23.7 Å². The number of hydrogen-bond donors (Lipinski definition) is 1. The molecule has 0 radical (unpaired) electrons. The molecule has 3 aromatic rings. The SMILES string of the molecule is O=C(Nc1ccc(Br)cc1)c1ccc(N2C(=O)C3C4CC(c5ccccc5)C(C4)C3C2=O)cc1. The molecule has 2 aliphatic carbocycles. The van der Waals surface area contributed by atoms with Crippen LogP contribution < -0.4 is 10.2 Å². The van der Waals surface area contributed by atoms with Gasteiger partial charge in [0.05, 0.1) is 17.5 Å². The van der Waals surface area contributed by atoms with E-state index in [4.69, 9.17) is 0 Å². The molecule has 1 N–H and O–H groups in total. The number of amides is 3. The standard InChI is InChI=1S/C28H23BrN2O3/c29-19-8-10-20(11-9-19)30-26(32)17-6-12-21(13-7-17)31-27(33)24-18-14-22(16-4-2-1-3-5-16)23(15-18)25(24)28(31)34/h1-13,18,22-25H,14-15H2,(H,30,32). The first-order valence-electron chi connectivity index (χ1n) is 11.6. The van der Waals surface area contributed by atoms with E-state index in [1.165, 1.54) is 10.5 Å². The fraction of sp³-hybridized carbons (Fsp3) is 0.250. The molecule has 3 aliphatic rings. The number of carbonyl (C=O) groups excluding carboxylic acids is 3. The predicted octanol–water partition coefficient (Wildman–Crippen LogP) is 5.63. The molecular weight excluding hydrogens is 492 g/mol. The molecule has 1 saturated heterocycles. The minimum absolute atomic E-state index is 0.0823. The quantitative estimate of drug-likeness (QED) is 0.458. The molecule has 2 saturated carbocycles. The van der Waals surface area contributed by atoms with Crippen LogP contribution in [0.4, 0.5) is 11.4 Å². The van der Waals surface area contributed by atoms with E-state index in [9.17, 15) is 14.4 Å². The molecule has 5 atom stereocenters. The van der Waals surface area contributed by atoms with Gasteiger partial charge in [0.2, 0.25) is 11.8 Å². The van der Waals surface area contributed by atoms with Crippen molar-refractivity contribution in [3.63, 3.8) is 0 Å². The minimum Gasteiger partial charge on any atom is -0.322 e. The van der Waals surface area contributed by atoms with Crippen LogP contribution in [0.15, 0.2) is 83.3 Å². The molecule has 2 bridgehead atoms. The summed E-state index contributed by atoms with van der Waals surface area (Å²) in [5, 5.41) is 2.86. The lowest BCUT2D eigenvalue weighted by Gasteiger charge is -2.28. The van der Waals surface area contributed by atoms with Gasteiger partial charge in [-0.1, -0.05) is 46.3 Å². The molecule has 5 nitrogen and oxygen atoms in total. The monoisotopic (exact) mass is 514 g/mol. The van der Waals surface area contributed by atoms with Crippen LogP contribution in [0, 0.1) is 23.7 Å². The third kappa shape index (κ3) is 3.40. The summed E-state index contributed by atoms with van der Waals surface area (Å²) in [5.74, 6) is -0.0410. The van der Waals surface area contributed by atoms with Crippen LogP contribution in [0.5, 0.6) is 0 Å². The first-order valence-corrected chi connectivity index (χ1v) is 12.4. The summed E-state index contributed by atoms with van der Waals surface area (Å²) < 4.78 is 0.933. The van der Waals surface area contributed by atoms with Gasteiger partial charge in [0, 0.05) is 15.7 Å². The number of imide groups is 1. The zero-order valence-electron chi connectivity index (χ0n) is 18.4. The highest BCUT2D eigenvalue weighted by Crippen LogP contribution is 2.61. The Labute approximate surface area is 206 Å². The zero-order valence-corrected chi connectivity index (χ0v) is 19.9. The summed E-state index contributed by atoms with van der Waals surface area (Å²) >= 11 is 3.38. The van der Waals surface area contributed by atoms with Crippen LogP contribution in [-0.2, 0) is 9.59 Å². The minimum atomic E-state index is -0.242. The van der Waals surface area contributed by atoms with Crippen LogP contribution >= 0.6 is 15.9 Å². The predicted molar refractivity (Wildman–Crippen MR) is 133 cm³/mol. The molecule has 3 aromatic carbocycles. The average Bonchev–Trinajstić information content (AvgIpc) is 3.52. The van der Waals surface area contributed by atoms with Crippen molar-refractivity contribution < 1.29 is 14.4 Å². The fourth-order valence-corrected chi connectivity index (χ4v) is 6.56. The van der Waals surface area contributed by atoms with Crippen molar-refractivity contribution in [1.82, 2.24) is 0 Å². The molecule has 3 fully saturated rings. The van der Waals surface area contributed by atoms with Crippen LogP contribution in [0.25, 0.3) is 0 Å². The molecule has 1 aliphatic heterocycles. The molecule has 170 valence electrons. The summed E-state index contributed by atoms with van der Waals surface area (Å²) in [6.45, 7) is 0. The van der Waals surface area contributed by atoms with E-state index in [0.29, 0.717) is 22.9 Å². The number of halogens is 1. The Morgan fingerprint density at radius 3 is 2.21 bits per heavy atom. The maximum atomic E-state index is 13.5. The van der Waals surface area contributed by atoms with Gasteiger partial charge in [0.15, 0.2) is 0 Å². The second-order valence-electron chi connectivity index (χ2n) is 9.48. The van der Waals surface area contributed by atoms with Gasteiger partial charge in [-0.05, 0) is 84.7 Å². The molecule has 6 heteroatoms. The average molecular weight is 515 g/mol. The van der Waals surface area contributed by atoms with Gasteiger partial charge in [-0.2, -0.15) is 0 Å². The van der Waals surface area contributed by atoms with E-state index in [1.807, 2.05) is 42.5 Å². The second kappa shape index (κ2) is 8.20. The smallest absolute Gasteiger partial charge is 0.255 e. The van der Waals surface area contributed by atoms with E-state index in [0.717, 1.165) is 17.3 Å². The number of benzene rings is 3. The van der Waals surface area contributed by atoms with Gasteiger partial charge in [0.25, 0.3) is 5.91 Å². The largest absolute Gasteiger partial charge is 0.322 e. The number of nitrogens with one attached hydrogen (secondary N) is 1. The fourth-order valence-electron chi connectivity index (χ4n) is 6.30. The Kier molecular flexibility index (Phi) is 5.14. The lowest BCUT2D eigenvalue weighted by molar-refractivity contribution is -0.123. The molecule has 0 aromatic heterocycles. The topological polar surface area (TPSA) is 66.5 Å². The Morgan fingerprint density at radius 2 is 1.50 bits per heavy atom. The van der Waals surface area contributed by atoms with Gasteiger partial charge in [-0.15, -0.1) is 0 Å². The number of hydrogen-bond acceptors (Lipinski definition) is 3. The lowest BCUT2D eigenvalue weighted by atomic mass is 9.73. The van der Waals surface area contributed by atoms with E-state index in [2.05, 4.69) is 33.4 Å². The molecule has 6 rings (SSSR count). The van der Waals surface area contributed by atoms with Crippen LogP contribution in [0.2, 0.25) is 0 Å². The van der Waals surface area contributed by atoms with Gasteiger partial charge in [-0.25, -0.2) is 0 Å². The second-order valence-corrected chi connectivity index (χ2v) is 10.4. The summed E-state index contributed by atoms with van der Waals surface area (Å²) in [7, 11) is 0. The summed E-state index contributed by atoms with van der Waals surface area (Å²) in [6, 6.07) is 24.4. The van der Waals surface area contributed by atoms with Crippen LogP contribution in [0.1, 0.15) is 34.7 Å². The third-order valence-electron chi connectivity index (χ3n) is 7.73. The molecule has 1 heterocycles. The first kappa shape index (κ1) is 21.3. The number of fused-ring (bicyclic) bond motifs is 5. The molecular formula is C28H23BrN2O3. The highest BCUT2D eigenvalue weighted by molar-refractivity contribution is 9.10. The number of nitrogens with zero attached hydrogens (tertiary/aromatic N) is 1. The summed E-state index contributed by atoms with van der Waals surface area (Å²) in [6.07, 6.45) is 1.92. The van der Waals surface area contributed by atoms with E-state index >= 15 is 0 Å². The summed E-state index contributed by atoms with van der Waals surface area (Å²) in [5.41, 5.74) is 2.97. The Balaban J connectivity index is 1.20. The number of anilines is 2. The maximum absolute atomic E-state index is 13.5. The Hall–Kier alpha value is -3.25.